The number of carbonyl (C=O) groups excluding carboxylic acids is 2. The molecule has 146 valence electrons. The highest BCUT2D eigenvalue weighted by Crippen LogP contribution is 2.36. The van der Waals surface area contributed by atoms with E-state index in [1.807, 2.05) is 26.0 Å². The van der Waals surface area contributed by atoms with E-state index in [-0.39, 0.29) is 11.7 Å². The van der Waals surface area contributed by atoms with E-state index in [9.17, 15) is 9.59 Å². The number of hydrogen-bond acceptors (Lipinski definition) is 4. The Hall–Kier alpha value is -2.55. The van der Waals surface area contributed by atoms with Crippen molar-refractivity contribution in [3.63, 3.8) is 0 Å². The number of methoxy groups -OCH3 is 1. The Labute approximate surface area is 177 Å². The molecule has 1 saturated heterocycles. The topological polar surface area (TPSA) is 67.9 Å². The van der Waals surface area contributed by atoms with E-state index in [0.717, 1.165) is 9.99 Å². The van der Waals surface area contributed by atoms with Crippen LogP contribution in [0.2, 0.25) is 0 Å². The molecule has 0 radical (unpaired) electrons. The summed E-state index contributed by atoms with van der Waals surface area (Å²) in [6.07, 6.45) is 2.49. The lowest BCUT2D eigenvalue weighted by Gasteiger charge is -2.17. The molecule has 2 amide bonds. The lowest BCUT2D eigenvalue weighted by molar-refractivity contribution is -0.117. The van der Waals surface area contributed by atoms with Gasteiger partial charge in [0.1, 0.15) is 5.57 Å². The number of rotatable bonds is 6. The van der Waals surface area contributed by atoms with Gasteiger partial charge in [0, 0.05) is 0 Å². The van der Waals surface area contributed by atoms with Gasteiger partial charge < -0.3 is 9.47 Å². The van der Waals surface area contributed by atoms with Crippen LogP contribution in [-0.4, -0.2) is 25.0 Å². The van der Waals surface area contributed by atoms with Crippen LogP contribution in [-0.2, 0) is 9.59 Å². The fourth-order valence-corrected chi connectivity index (χ4v) is 3.46. The zero-order chi connectivity index (χ0) is 20.3. The number of hydrogen-bond donors (Lipinski definition) is 1. The molecule has 0 aromatic heterocycles. The first-order valence-corrected chi connectivity index (χ1v) is 9.98. The van der Waals surface area contributed by atoms with Crippen LogP contribution < -0.4 is 19.9 Å². The molecule has 2 aromatic rings. The summed E-state index contributed by atoms with van der Waals surface area (Å²) in [6, 6.07) is 12.6. The van der Waals surface area contributed by atoms with E-state index in [0.29, 0.717) is 22.7 Å². The predicted octanol–water partition coefficient (Wildman–Crippen LogP) is 3.94. The highest BCUT2D eigenvalue weighted by molar-refractivity contribution is 14.1. The Morgan fingerprint density at radius 3 is 2.57 bits per heavy atom. The van der Waals surface area contributed by atoms with Gasteiger partial charge in [-0.2, -0.15) is 0 Å². The van der Waals surface area contributed by atoms with E-state index < -0.39 is 11.8 Å². The summed E-state index contributed by atoms with van der Waals surface area (Å²) in [5, 5.41) is 1.25. The molecular weight excluding hydrogens is 471 g/mol. The minimum atomic E-state index is -0.442. The van der Waals surface area contributed by atoms with E-state index in [1.54, 1.807) is 43.5 Å². The number of para-hydroxylation sites is 1. The van der Waals surface area contributed by atoms with Crippen molar-refractivity contribution in [2.24, 2.45) is 0 Å². The molecule has 3 rings (SSSR count). The van der Waals surface area contributed by atoms with Crippen LogP contribution in [0.4, 0.5) is 5.69 Å². The molecule has 0 bridgehead atoms. The van der Waals surface area contributed by atoms with Crippen LogP contribution >= 0.6 is 22.6 Å². The summed E-state index contributed by atoms with van der Waals surface area (Å²) in [5.41, 5.74) is 3.96. The van der Waals surface area contributed by atoms with Crippen molar-refractivity contribution < 1.29 is 19.1 Å². The van der Waals surface area contributed by atoms with Crippen LogP contribution in [0.3, 0.4) is 0 Å². The summed E-state index contributed by atoms with van der Waals surface area (Å²) in [7, 11) is 1.57. The van der Waals surface area contributed by atoms with Gasteiger partial charge in [-0.05, 0) is 71.8 Å². The quantitative estimate of drug-likeness (QED) is 0.377. The molecule has 1 aliphatic rings. The molecular formula is C21H21IN2O4. The molecule has 0 aliphatic carbocycles. The Bertz CT molecular complexity index is 928. The highest BCUT2D eigenvalue weighted by atomic mass is 127. The van der Waals surface area contributed by atoms with Crippen LogP contribution in [0.25, 0.3) is 6.08 Å². The molecule has 0 spiro atoms. The monoisotopic (exact) mass is 492 g/mol. The number of hydrazine groups is 1. The van der Waals surface area contributed by atoms with Crippen LogP contribution in [0.1, 0.15) is 25.8 Å². The molecule has 1 N–H and O–H groups in total. The Balaban J connectivity index is 1.93. The van der Waals surface area contributed by atoms with Gasteiger partial charge in [-0.15, -0.1) is 0 Å². The summed E-state index contributed by atoms with van der Waals surface area (Å²) in [5.74, 6) is 0.380. The van der Waals surface area contributed by atoms with Crippen molar-refractivity contribution in [3.8, 4) is 11.5 Å². The number of halogens is 1. The number of nitrogens with zero attached hydrogens (tertiary/aromatic N) is 1. The first-order chi connectivity index (χ1) is 13.4. The lowest BCUT2D eigenvalue weighted by atomic mass is 10.1. The van der Waals surface area contributed by atoms with Crippen molar-refractivity contribution in [3.05, 3.63) is 57.2 Å². The first kappa shape index (κ1) is 20.2. The number of amides is 2. The second-order valence-electron chi connectivity index (χ2n) is 6.35. The number of nitrogens with one attached hydrogen (secondary N) is 1. The fourth-order valence-electron chi connectivity index (χ4n) is 2.70. The SMILES string of the molecule is CC[C@@H](C)Oc1c(I)cc(/C=C2/C(=O)NN(c3ccccc3)C2=O)cc1OC. The predicted molar refractivity (Wildman–Crippen MR) is 116 cm³/mol. The molecule has 6 nitrogen and oxygen atoms in total. The zero-order valence-electron chi connectivity index (χ0n) is 15.9. The third-order valence-corrected chi connectivity index (χ3v) is 5.16. The van der Waals surface area contributed by atoms with Crippen LogP contribution in [0.5, 0.6) is 11.5 Å². The molecule has 1 fully saturated rings. The average molecular weight is 492 g/mol. The third-order valence-electron chi connectivity index (χ3n) is 4.36. The van der Waals surface area contributed by atoms with Crippen LogP contribution in [0.15, 0.2) is 48.0 Å². The lowest BCUT2D eigenvalue weighted by Crippen LogP contribution is -2.35. The molecule has 0 unspecified atom stereocenters. The number of carbonyl (C=O) groups is 2. The highest BCUT2D eigenvalue weighted by Gasteiger charge is 2.34. The van der Waals surface area contributed by atoms with Gasteiger partial charge in [0.05, 0.1) is 22.5 Å². The Kier molecular flexibility index (Phi) is 6.23. The van der Waals surface area contributed by atoms with Gasteiger partial charge in [-0.25, -0.2) is 5.01 Å². The van der Waals surface area contributed by atoms with Gasteiger partial charge in [0.25, 0.3) is 11.8 Å². The molecule has 2 aromatic carbocycles. The van der Waals surface area contributed by atoms with Crippen molar-refractivity contribution in [1.29, 1.82) is 0 Å². The maximum Gasteiger partial charge on any atom is 0.282 e. The summed E-state index contributed by atoms with van der Waals surface area (Å²) < 4.78 is 12.3. The maximum absolute atomic E-state index is 12.7. The largest absolute Gasteiger partial charge is 0.493 e. The van der Waals surface area contributed by atoms with Crippen molar-refractivity contribution in [2.75, 3.05) is 12.1 Å². The van der Waals surface area contributed by atoms with Crippen molar-refractivity contribution in [2.45, 2.75) is 26.4 Å². The van der Waals surface area contributed by atoms with Crippen molar-refractivity contribution >= 4 is 46.2 Å². The molecule has 1 atom stereocenters. The molecule has 0 saturated carbocycles. The second kappa shape index (κ2) is 8.64. The van der Waals surface area contributed by atoms with Gasteiger partial charge >= 0.3 is 0 Å². The van der Waals surface area contributed by atoms with E-state index in [2.05, 4.69) is 28.0 Å². The molecule has 7 heteroatoms. The average Bonchev–Trinajstić information content (AvgIpc) is 2.98. The number of ether oxygens (including phenoxy) is 2. The molecule has 28 heavy (non-hydrogen) atoms. The fraction of sp³-hybridized carbons (Fsp3) is 0.238. The normalized spacial score (nSPS) is 16.3. The summed E-state index contributed by atoms with van der Waals surface area (Å²) in [6.45, 7) is 4.04. The Morgan fingerprint density at radius 2 is 1.93 bits per heavy atom. The standard InChI is InChI=1S/C21H21IN2O4/c1-4-13(2)28-19-17(22)11-14(12-18(19)27-3)10-16-20(25)23-24(21(16)26)15-8-6-5-7-9-15/h5-13H,4H2,1-3H3,(H,23,25)/b16-10-/t13-/m1/s1. The van der Waals surface area contributed by atoms with E-state index in [4.69, 9.17) is 9.47 Å². The zero-order valence-corrected chi connectivity index (χ0v) is 18.0. The summed E-state index contributed by atoms with van der Waals surface area (Å²) in [4.78, 5) is 25.1. The minimum absolute atomic E-state index is 0.0493. The Morgan fingerprint density at radius 1 is 1.21 bits per heavy atom. The van der Waals surface area contributed by atoms with Gasteiger partial charge in [-0.1, -0.05) is 25.1 Å². The van der Waals surface area contributed by atoms with Crippen LogP contribution in [0, 0.1) is 3.57 Å². The number of benzene rings is 2. The molecule has 1 aliphatic heterocycles. The molecule has 1 heterocycles. The van der Waals surface area contributed by atoms with Crippen molar-refractivity contribution in [1.82, 2.24) is 5.43 Å². The first-order valence-electron chi connectivity index (χ1n) is 8.91. The van der Waals surface area contributed by atoms with Gasteiger partial charge in [0.15, 0.2) is 11.5 Å². The maximum atomic E-state index is 12.7. The second-order valence-corrected chi connectivity index (χ2v) is 7.51. The van der Waals surface area contributed by atoms with Gasteiger partial charge in [-0.3, -0.25) is 15.0 Å². The minimum Gasteiger partial charge on any atom is -0.493 e. The third kappa shape index (κ3) is 4.14. The van der Waals surface area contributed by atoms with E-state index in [1.165, 1.54) is 5.01 Å². The number of anilines is 1. The van der Waals surface area contributed by atoms with E-state index >= 15 is 0 Å². The van der Waals surface area contributed by atoms with Gasteiger partial charge in [0.2, 0.25) is 0 Å². The smallest absolute Gasteiger partial charge is 0.282 e. The summed E-state index contributed by atoms with van der Waals surface area (Å²) >= 11 is 2.17.